The third-order valence-electron chi connectivity index (χ3n) is 1.84. The number of rotatable bonds is 4. The van der Waals surface area contributed by atoms with E-state index in [1.165, 1.54) is 0 Å². The van der Waals surface area contributed by atoms with Crippen molar-refractivity contribution in [2.45, 2.75) is 13.1 Å². The lowest BCUT2D eigenvalue weighted by Gasteiger charge is -2.01. The maximum atomic E-state index is 11.5. The molecule has 0 unspecified atom stereocenters. The number of ketones is 1. The summed E-state index contributed by atoms with van der Waals surface area (Å²) in [5.41, 5.74) is 0. The Morgan fingerprint density at radius 2 is 1.50 bits per heavy atom. The summed E-state index contributed by atoms with van der Waals surface area (Å²) in [5.74, 6) is 0.126. The molecule has 2 rings (SSSR count). The van der Waals surface area contributed by atoms with Gasteiger partial charge < -0.3 is 9.13 Å². The zero-order chi connectivity index (χ0) is 9.80. The van der Waals surface area contributed by atoms with Crippen LogP contribution >= 0.6 is 0 Å². The van der Waals surface area contributed by atoms with Gasteiger partial charge in [-0.15, -0.1) is 0 Å². The van der Waals surface area contributed by atoms with Crippen LogP contribution in [0, 0.1) is 0 Å². The van der Waals surface area contributed by atoms with Crippen molar-refractivity contribution < 1.29 is 4.79 Å². The fourth-order valence-electron chi connectivity index (χ4n) is 1.22. The van der Waals surface area contributed by atoms with Crippen LogP contribution in [0.3, 0.4) is 0 Å². The molecule has 0 aromatic carbocycles. The lowest BCUT2D eigenvalue weighted by molar-refractivity contribution is -0.120. The molecule has 0 saturated carbocycles. The summed E-state index contributed by atoms with van der Waals surface area (Å²) in [5, 5.41) is 0. The van der Waals surface area contributed by atoms with Gasteiger partial charge in [0, 0.05) is 24.8 Å². The van der Waals surface area contributed by atoms with Gasteiger partial charge in [0.15, 0.2) is 5.78 Å². The summed E-state index contributed by atoms with van der Waals surface area (Å²) in [7, 11) is 0. The smallest absolute Gasteiger partial charge is 0.172 e. The quantitative estimate of drug-likeness (QED) is 0.699. The first-order valence-electron chi connectivity index (χ1n) is 4.28. The average Bonchev–Trinajstić information content (AvgIpc) is 2.76. The molecule has 0 spiro atoms. The predicted molar refractivity (Wildman–Crippen MR) is 49.5 cm³/mol. The monoisotopic (exact) mass is 190 g/mol. The molecule has 0 amide bonds. The van der Waals surface area contributed by atoms with E-state index in [4.69, 9.17) is 0 Å². The highest BCUT2D eigenvalue weighted by Gasteiger charge is 2.02. The van der Waals surface area contributed by atoms with Crippen LogP contribution in [0.15, 0.2) is 37.4 Å². The van der Waals surface area contributed by atoms with E-state index in [-0.39, 0.29) is 5.78 Å². The molecule has 0 bridgehead atoms. The lowest BCUT2D eigenvalue weighted by Crippen LogP contribution is -2.14. The third kappa shape index (κ3) is 2.07. The minimum atomic E-state index is 0.126. The maximum Gasteiger partial charge on any atom is 0.172 e. The molecule has 0 N–H and O–H groups in total. The van der Waals surface area contributed by atoms with E-state index in [1.54, 1.807) is 46.6 Å². The summed E-state index contributed by atoms with van der Waals surface area (Å²) in [6, 6.07) is 0. The van der Waals surface area contributed by atoms with Gasteiger partial charge in [-0.25, -0.2) is 9.97 Å². The summed E-state index contributed by atoms with van der Waals surface area (Å²) >= 11 is 0. The Bertz CT molecular complexity index is 352. The van der Waals surface area contributed by atoms with Gasteiger partial charge in [0.05, 0.1) is 25.7 Å². The van der Waals surface area contributed by atoms with Crippen molar-refractivity contribution in [2.24, 2.45) is 0 Å². The fraction of sp³-hybridized carbons (Fsp3) is 0.222. The Morgan fingerprint density at radius 3 is 1.86 bits per heavy atom. The van der Waals surface area contributed by atoms with Crippen molar-refractivity contribution in [2.75, 3.05) is 0 Å². The van der Waals surface area contributed by atoms with Gasteiger partial charge in [0.25, 0.3) is 0 Å². The first-order chi connectivity index (χ1) is 6.84. The molecule has 0 fully saturated rings. The predicted octanol–water partition coefficient (Wildman–Crippen LogP) is 0.349. The van der Waals surface area contributed by atoms with Crippen molar-refractivity contribution in [1.82, 2.24) is 19.1 Å². The molecule has 2 aromatic heterocycles. The Balaban J connectivity index is 1.91. The van der Waals surface area contributed by atoms with Crippen LogP contribution in [-0.4, -0.2) is 24.9 Å². The SMILES string of the molecule is O=C(Cn1ccnc1)Cn1ccnc1. The number of carbonyl (C=O) groups is 1. The largest absolute Gasteiger partial charge is 0.330 e. The molecule has 2 heterocycles. The summed E-state index contributed by atoms with van der Waals surface area (Å²) < 4.78 is 3.50. The molecule has 0 aliphatic carbocycles. The van der Waals surface area contributed by atoms with E-state index in [0.29, 0.717) is 13.1 Å². The highest BCUT2D eigenvalue weighted by Crippen LogP contribution is 1.91. The molecular formula is C9H10N4O. The van der Waals surface area contributed by atoms with E-state index in [9.17, 15) is 4.79 Å². The molecule has 2 aromatic rings. The van der Waals surface area contributed by atoms with E-state index in [2.05, 4.69) is 9.97 Å². The van der Waals surface area contributed by atoms with Crippen LogP contribution in [-0.2, 0) is 17.9 Å². The number of imidazole rings is 2. The molecule has 0 radical (unpaired) electrons. The summed E-state index contributed by atoms with van der Waals surface area (Å²) in [4.78, 5) is 19.2. The number of carbonyl (C=O) groups excluding carboxylic acids is 1. The van der Waals surface area contributed by atoms with Gasteiger partial charge in [-0.2, -0.15) is 0 Å². The van der Waals surface area contributed by atoms with E-state index >= 15 is 0 Å². The molecule has 5 nitrogen and oxygen atoms in total. The lowest BCUT2D eigenvalue weighted by atomic mass is 10.4. The first kappa shape index (κ1) is 8.68. The van der Waals surface area contributed by atoms with Gasteiger partial charge in [-0.05, 0) is 0 Å². The number of hydrogen-bond acceptors (Lipinski definition) is 3. The van der Waals surface area contributed by atoms with Gasteiger partial charge in [-0.3, -0.25) is 4.79 Å². The minimum Gasteiger partial charge on any atom is -0.330 e. The normalized spacial score (nSPS) is 10.3. The molecular weight excluding hydrogens is 180 g/mol. The number of Topliss-reactive ketones (excluding diaryl/α,β-unsaturated/α-hetero) is 1. The van der Waals surface area contributed by atoms with Crippen molar-refractivity contribution >= 4 is 5.78 Å². The first-order valence-corrected chi connectivity index (χ1v) is 4.28. The van der Waals surface area contributed by atoms with Crippen LogP contribution in [0.5, 0.6) is 0 Å². The molecule has 0 aliphatic heterocycles. The van der Waals surface area contributed by atoms with Crippen LogP contribution in [0.4, 0.5) is 0 Å². The van der Waals surface area contributed by atoms with Crippen LogP contribution < -0.4 is 0 Å². The van der Waals surface area contributed by atoms with E-state index in [0.717, 1.165) is 0 Å². The zero-order valence-electron chi connectivity index (χ0n) is 7.58. The zero-order valence-corrected chi connectivity index (χ0v) is 7.58. The van der Waals surface area contributed by atoms with Crippen LogP contribution in [0.2, 0.25) is 0 Å². The van der Waals surface area contributed by atoms with E-state index < -0.39 is 0 Å². The highest BCUT2D eigenvalue weighted by atomic mass is 16.1. The topological polar surface area (TPSA) is 52.7 Å². The van der Waals surface area contributed by atoms with Gasteiger partial charge in [0.1, 0.15) is 0 Å². The second-order valence-electron chi connectivity index (χ2n) is 3.01. The molecule has 5 heteroatoms. The summed E-state index contributed by atoms with van der Waals surface area (Å²) in [6.07, 6.45) is 10.1. The summed E-state index contributed by atoms with van der Waals surface area (Å²) in [6.45, 7) is 0.719. The molecule has 14 heavy (non-hydrogen) atoms. The number of aromatic nitrogens is 4. The molecule has 0 saturated heterocycles. The Morgan fingerprint density at radius 1 is 1.00 bits per heavy atom. The maximum absolute atomic E-state index is 11.5. The van der Waals surface area contributed by atoms with Gasteiger partial charge in [0.2, 0.25) is 0 Å². The molecule has 72 valence electrons. The second kappa shape index (κ2) is 3.87. The Kier molecular flexibility index (Phi) is 2.40. The molecule has 0 atom stereocenters. The standard InChI is InChI=1S/C9H10N4O/c14-9(5-12-3-1-10-7-12)6-13-4-2-11-8-13/h1-4,7-8H,5-6H2. The van der Waals surface area contributed by atoms with Crippen molar-refractivity contribution in [3.63, 3.8) is 0 Å². The van der Waals surface area contributed by atoms with Crippen molar-refractivity contribution in [3.8, 4) is 0 Å². The van der Waals surface area contributed by atoms with Crippen molar-refractivity contribution in [3.05, 3.63) is 37.4 Å². The minimum absolute atomic E-state index is 0.126. The van der Waals surface area contributed by atoms with E-state index in [1.807, 2.05) is 0 Å². The fourth-order valence-corrected chi connectivity index (χ4v) is 1.22. The highest BCUT2D eigenvalue weighted by molar-refractivity contribution is 5.77. The van der Waals surface area contributed by atoms with Crippen molar-refractivity contribution in [1.29, 1.82) is 0 Å². The van der Waals surface area contributed by atoms with Gasteiger partial charge >= 0.3 is 0 Å². The van der Waals surface area contributed by atoms with Crippen LogP contribution in [0.1, 0.15) is 0 Å². The van der Waals surface area contributed by atoms with Crippen LogP contribution in [0.25, 0.3) is 0 Å². The average molecular weight is 190 g/mol. The third-order valence-corrected chi connectivity index (χ3v) is 1.84. The number of hydrogen-bond donors (Lipinski definition) is 0. The Hall–Kier alpha value is -1.91. The molecule has 0 aliphatic rings. The second-order valence-corrected chi connectivity index (χ2v) is 3.01. The Labute approximate surface area is 81.0 Å². The number of nitrogens with zero attached hydrogens (tertiary/aromatic N) is 4. The van der Waals surface area contributed by atoms with Gasteiger partial charge in [-0.1, -0.05) is 0 Å².